The van der Waals surface area contributed by atoms with Crippen molar-refractivity contribution >= 4 is 17.3 Å². The fourth-order valence-electron chi connectivity index (χ4n) is 2.66. The van der Waals surface area contributed by atoms with E-state index in [9.17, 15) is 4.79 Å². The second kappa shape index (κ2) is 3.83. The first kappa shape index (κ1) is 11.3. The van der Waals surface area contributed by atoms with Crippen molar-refractivity contribution in [3.63, 3.8) is 0 Å². The summed E-state index contributed by atoms with van der Waals surface area (Å²) < 4.78 is 0. The number of nitrogens with one attached hydrogen (secondary N) is 2. The first-order chi connectivity index (χ1) is 8.55. The van der Waals surface area contributed by atoms with Crippen molar-refractivity contribution < 1.29 is 4.79 Å². The van der Waals surface area contributed by atoms with E-state index in [1.54, 1.807) is 6.20 Å². The number of carbonyl (C=O) groups is 1. The van der Waals surface area contributed by atoms with Gasteiger partial charge in [-0.15, -0.1) is 0 Å². The third kappa shape index (κ3) is 1.88. The molecule has 1 aliphatic heterocycles. The number of allylic oxidation sites excluding steroid dienone is 1. The molecule has 0 bridgehead atoms. The molecule has 4 heteroatoms. The number of fused-ring (bicyclic) bond motifs is 1. The van der Waals surface area contributed by atoms with Crippen LogP contribution < -0.4 is 10.6 Å². The maximum atomic E-state index is 12.2. The summed E-state index contributed by atoms with van der Waals surface area (Å²) in [4.78, 5) is 16.5. The molecule has 18 heavy (non-hydrogen) atoms. The molecule has 2 heterocycles. The summed E-state index contributed by atoms with van der Waals surface area (Å²) in [6.45, 7) is 4.85. The van der Waals surface area contributed by atoms with Crippen molar-refractivity contribution in [2.24, 2.45) is 5.41 Å². The highest BCUT2D eigenvalue weighted by Gasteiger charge is 2.34. The third-order valence-electron chi connectivity index (χ3n) is 3.52. The van der Waals surface area contributed by atoms with Gasteiger partial charge in [0, 0.05) is 30.4 Å². The van der Waals surface area contributed by atoms with Gasteiger partial charge in [0.15, 0.2) is 5.78 Å². The molecule has 0 unspecified atom stereocenters. The Morgan fingerprint density at radius 2 is 2.17 bits per heavy atom. The van der Waals surface area contributed by atoms with Crippen LogP contribution in [0.15, 0.2) is 29.6 Å². The smallest absolute Gasteiger partial charge is 0.162 e. The molecule has 0 amide bonds. The Bertz CT molecular complexity index is 546. The van der Waals surface area contributed by atoms with Crippen molar-refractivity contribution in [2.45, 2.75) is 26.7 Å². The van der Waals surface area contributed by atoms with Crippen LogP contribution >= 0.6 is 0 Å². The van der Waals surface area contributed by atoms with E-state index in [-0.39, 0.29) is 11.2 Å². The van der Waals surface area contributed by atoms with Gasteiger partial charge in [-0.05, 0) is 24.0 Å². The number of nitrogens with zero attached hydrogens (tertiary/aromatic N) is 1. The van der Waals surface area contributed by atoms with Gasteiger partial charge in [0.25, 0.3) is 0 Å². The van der Waals surface area contributed by atoms with Crippen LogP contribution in [0.2, 0.25) is 0 Å². The minimum absolute atomic E-state index is 0.0373. The Morgan fingerprint density at radius 3 is 3.00 bits per heavy atom. The molecular weight excluding hydrogens is 226 g/mol. The molecular formula is C14H17N3O. The average Bonchev–Trinajstić information content (AvgIpc) is 2.46. The molecule has 3 rings (SSSR count). The first-order valence-electron chi connectivity index (χ1n) is 6.26. The number of carbonyl (C=O) groups excluding carboxylic acids is 1. The summed E-state index contributed by atoms with van der Waals surface area (Å²) in [7, 11) is 0. The lowest BCUT2D eigenvalue weighted by Gasteiger charge is -2.31. The molecule has 1 aromatic heterocycles. The van der Waals surface area contributed by atoms with E-state index in [1.807, 2.05) is 12.1 Å². The van der Waals surface area contributed by atoms with E-state index < -0.39 is 0 Å². The van der Waals surface area contributed by atoms with E-state index in [1.165, 1.54) is 0 Å². The predicted molar refractivity (Wildman–Crippen MR) is 71.4 cm³/mol. The molecule has 1 aliphatic carbocycles. The molecule has 0 radical (unpaired) electrons. The number of rotatable bonds is 0. The number of pyridine rings is 1. The fraction of sp³-hybridized carbons (Fsp3) is 0.429. The van der Waals surface area contributed by atoms with Gasteiger partial charge in [-0.2, -0.15) is 0 Å². The van der Waals surface area contributed by atoms with Gasteiger partial charge < -0.3 is 10.6 Å². The molecule has 0 atom stereocenters. The molecule has 2 aliphatic rings. The Labute approximate surface area is 106 Å². The van der Waals surface area contributed by atoms with Gasteiger partial charge in [-0.3, -0.25) is 4.79 Å². The van der Waals surface area contributed by atoms with Gasteiger partial charge in [-0.1, -0.05) is 13.8 Å². The zero-order valence-corrected chi connectivity index (χ0v) is 10.7. The molecule has 0 saturated carbocycles. The van der Waals surface area contributed by atoms with E-state index in [2.05, 4.69) is 29.5 Å². The second-order valence-corrected chi connectivity index (χ2v) is 5.78. The van der Waals surface area contributed by atoms with Crippen molar-refractivity contribution in [2.75, 3.05) is 17.2 Å². The summed E-state index contributed by atoms with van der Waals surface area (Å²) in [6, 6.07) is 3.88. The van der Waals surface area contributed by atoms with Crippen molar-refractivity contribution in [3.8, 4) is 0 Å². The van der Waals surface area contributed by atoms with Crippen LogP contribution in [0.1, 0.15) is 26.7 Å². The summed E-state index contributed by atoms with van der Waals surface area (Å²) in [5.41, 5.74) is 2.92. The van der Waals surface area contributed by atoms with Crippen LogP contribution in [0.25, 0.3) is 0 Å². The lowest BCUT2D eigenvalue weighted by molar-refractivity contribution is -0.118. The Kier molecular flexibility index (Phi) is 2.40. The Balaban J connectivity index is 2.01. The maximum absolute atomic E-state index is 12.2. The zero-order valence-electron chi connectivity index (χ0n) is 10.7. The molecule has 0 spiro atoms. The highest BCUT2D eigenvalue weighted by Crippen LogP contribution is 2.39. The Hall–Kier alpha value is -1.84. The van der Waals surface area contributed by atoms with E-state index >= 15 is 0 Å². The number of hydrogen-bond acceptors (Lipinski definition) is 4. The minimum Gasteiger partial charge on any atom is -0.364 e. The molecule has 0 saturated heterocycles. The van der Waals surface area contributed by atoms with Gasteiger partial charge in [-0.25, -0.2) is 4.98 Å². The van der Waals surface area contributed by atoms with Gasteiger partial charge in [0.05, 0.1) is 5.69 Å². The highest BCUT2D eigenvalue weighted by atomic mass is 16.1. The first-order valence-corrected chi connectivity index (χ1v) is 6.26. The van der Waals surface area contributed by atoms with Crippen LogP contribution in [-0.4, -0.2) is 17.3 Å². The third-order valence-corrected chi connectivity index (χ3v) is 3.52. The normalized spacial score (nSPS) is 21.3. The lowest BCUT2D eigenvalue weighted by atomic mass is 9.76. The maximum Gasteiger partial charge on any atom is 0.162 e. The molecule has 1 aromatic rings. The standard InChI is InChI=1S/C14H17N3O/c1-14(2)6-11-9(12(18)7-14)8-16-13-10(17-11)4-3-5-15-13/h3-5,17H,6-8H2,1-2H3,(H,15,16). The summed E-state index contributed by atoms with van der Waals surface area (Å²) in [6.07, 6.45) is 3.28. The monoisotopic (exact) mass is 243 g/mol. The highest BCUT2D eigenvalue weighted by molar-refractivity contribution is 5.99. The van der Waals surface area contributed by atoms with Crippen molar-refractivity contribution in [1.29, 1.82) is 0 Å². The number of aromatic nitrogens is 1. The average molecular weight is 243 g/mol. The SMILES string of the molecule is CC1(C)CC(=O)C2=C(C1)Nc1cccnc1NC2. The second-order valence-electron chi connectivity index (χ2n) is 5.78. The summed E-state index contributed by atoms with van der Waals surface area (Å²) in [5, 5.41) is 6.61. The fourth-order valence-corrected chi connectivity index (χ4v) is 2.66. The van der Waals surface area contributed by atoms with Crippen LogP contribution in [0.3, 0.4) is 0 Å². The predicted octanol–water partition coefficient (Wildman–Crippen LogP) is 2.56. The molecule has 4 nitrogen and oxygen atoms in total. The molecule has 0 fully saturated rings. The van der Waals surface area contributed by atoms with Crippen molar-refractivity contribution in [1.82, 2.24) is 4.98 Å². The lowest BCUT2D eigenvalue weighted by Crippen LogP contribution is -2.29. The largest absolute Gasteiger partial charge is 0.364 e. The van der Waals surface area contributed by atoms with E-state index in [4.69, 9.17) is 0 Å². The van der Waals surface area contributed by atoms with Crippen LogP contribution in [0.4, 0.5) is 11.5 Å². The number of hydrogen-bond donors (Lipinski definition) is 2. The van der Waals surface area contributed by atoms with Gasteiger partial charge >= 0.3 is 0 Å². The number of Topliss-reactive ketones (excluding diaryl/α,β-unsaturated/α-hetero) is 1. The molecule has 2 N–H and O–H groups in total. The quantitative estimate of drug-likeness (QED) is 0.735. The van der Waals surface area contributed by atoms with Gasteiger partial charge in [0.1, 0.15) is 5.82 Å². The molecule has 94 valence electrons. The Morgan fingerprint density at radius 1 is 1.33 bits per heavy atom. The van der Waals surface area contributed by atoms with Crippen LogP contribution in [0.5, 0.6) is 0 Å². The van der Waals surface area contributed by atoms with Crippen molar-refractivity contribution in [3.05, 3.63) is 29.6 Å². The summed E-state index contributed by atoms with van der Waals surface area (Å²) >= 11 is 0. The van der Waals surface area contributed by atoms with Crippen LogP contribution in [-0.2, 0) is 4.79 Å². The van der Waals surface area contributed by atoms with Gasteiger partial charge in [0.2, 0.25) is 0 Å². The zero-order chi connectivity index (χ0) is 12.8. The van der Waals surface area contributed by atoms with Crippen LogP contribution in [0, 0.1) is 5.41 Å². The number of anilines is 2. The van der Waals surface area contributed by atoms with E-state index in [0.29, 0.717) is 13.0 Å². The topological polar surface area (TPSA) is 54.0 Å². The van der Waals surface area contributed by atoms with E-state index in [0.717, 1.165) is 29.2 Å². The minimum atomic E-state index is 0.0373. The molecule has 0 aromatic carbocycles. The number of ketones is 1. The summed E-state index contributed by atoms with van der Waals surface area (Å²) in [5.74, 6) is 1.06.